The number of nitrogens with one attached hydrogen (secondary N) is 1. The van der Waals surface area contributed by atoms with Crippen LogP contribution in [0.1, 0.15) is 27.9 Å². The van der Waals surface area contributed by atoms with Crippen molar-refractivity contribution in [2.45, 2.75) is 20.3 Å². The summed E-state index contributed by atoms with van der Waals surface area (Å²) < 4.78 is 5.64. The number of aryl methyl sites for hydroxylation is 2. The highest BCUT2D eigenvalue weighted by Gasteiger charge is 2.20. The van der Waals surface area contributed by atoms with Crippen molar-refractivity contribution in [2.24, 2.45) is 0 Å². The average Bonchev–Trinajstić information content (AvgIpc) is 2.80. The number of carbonyl (C=O) groups is 3. The molecule has 0 heterocycles. The number of carboxylic acids is 1. The fourth-order valence-electron chi connectivity index (χ4n) is 3.17. The molecule has 0 spiro atoms. The van der Waals surface area contributed by atoms with Gasteiger partial charge in [-0.15, -0.1) is 0 Å². The molecule has 3 rings (SSSR count). The van der Waals surface area contributed by atoms with Crippen molar-refractivity contribution in [3.63, 3.8) is 0 Å². The zero-order valence-electron chi connectivity index (χ0n) is 18.6. The highest BCUT2D eigenvalue weighted by molar-refractivity contribution is 6.02. The summed E-state index contributed by atoms with van der Waals surface area (Å²) in [5, 5.41) is 11.7. The minimum absolute atomic E-state index is 0.0996. The number of benzene rings is 3. The molecule has 33 heavy (non-hydrogen) atoms. The van der Waals surface area contributed by atoms with Crippen LogP contribution in [0.2, 0.25) is 0 Å². The number of aromatic carboxylic acids is 1. The normalized spacial score (nSPS) is 10.4. The van der Waals surface area contributed by atoms with E-state index in [9.17, 15) is 14.4 Å². The number of hydrogen-bond acceptors (Lipinski definition) is 4. The van der Waals surface area contributed by atoms with Crippen molar-refractivity contribution in [3.8, 4) is 5.75 Å². The van der Waals surface area contributed by atoms with Gasteiger partial charge in [0.05, 0.1) is 18.6 Å². The third kappa shape index (κ3) is 6.67. The summed E-state index contributed by atoms with van der Waals surface area (Å²) in [5.74, 6) is -1.01. The van der Waals surface area contributed by atoms with Gasteiger partial charge in [-0.25, -0.2) is 4.79 Å². The summed E-state index contributed by atoms with van der Waals surface area (Å²) >= 11 is 0. The van der Waals surface area contributed by atoms with Gasteiger partial charge >= 0.3 is 5.97 Å². The molecule has 0 saturated carbocycles. The molecule has 7 nitrogen and oxygen atoms in total. The fourth-order valence-corrected chi connectivity index (χ4v) is 3.17. The van der Waals surface area contributed by atoms with Crippen LogP contribution in [-0.4, -0.2) is 36.0 Å². The van der Waals surface area contributed by atoms with Crippen molar-refractivity contribution < 1.29 is 24.2 Å². The molecule has 0 fully saturated rings. The second-order valence-electron chi connectivity index (χ2n) is 7.59. The monoisotopic (exact) mass is 446 g/mol. The molecule has 0 unspecified atom stereocenters. The number of carbonyl (C=O) groups excluding carboxylic acids is 2. The smallest absolute Gasteiger partial charge is 0.335 e. The van der Waals surface area contributed by atoms with E-state index in [1.807, 2.05) is 62.4 Å². The minimum atomic E-state index is -1.04. The molecule has 0 aromatic heterocycles. The minimum Gasteiger partial charge on any atom is -0.493 e. The summed E-state index contributed by atoms with van der Waals surface area (Å²) in [6.45, 7) is 3.92. The van der Waals surface area contributed by atoms with Gasteiger partial charge in [-0.1, -0.05) is 24.3 Å². The van der Waals surface area contributed by atoms with E-state index >= 15 is 0 Å². The Bertz CT molecular complexity index is 1130. The predicted octanol–water partition coefficient (Wildman–Crippen LogP) is 4.44. The first-order chi connectivity index (χ1) is 15.8. The highest BCUT2D eigenvalue weighted by Crippen LogP contribution is 2.20. The summed E-state index contributed by atoms with van der Waals surface area (Å²) in [7, 11) is 0. The van der Waals surface area contributed by atoms with Crippen LogP contribution in [0.3, 0.4) is 0 Å². The van der Waals surface area contributed by atoms with Crippen LogP contribution in [0.4, 0.5) is 11.4 Å². The predicted molar refractivity (Wildman–Crippen MR) is 127 cm³/mol. The molecule has 0 aliphatic carbocycles. The van der Waals surface area contributed by atoms with Gasteiger partial charge in [0.1, 0.15) is 12.3 Å². The van der Waals surface area contributed by atoms with Gasteiger partial charge in [-0.2, -0.15) is 0 Å². The Morgan fingerprint density at radius 1 is 0.909 bits per heavy atom. The Hall–Kier alpha value is -4.13. The molecule has 0 atom stereocenters. The van der Waals surface area contributed by atoms with Crippen molar-refractivity contribution in [1.82, 2.24) is 0 Å². The lowest BCUT2D eigenvalue weighted by Crippen LogP contribution is -2.38. The number of ether oxygens (including phenoxy) is 1. The van der Waals surface area contributed by atoms with E-state index in [4.69, 9.17) is 9.84 Å². The molecule has 0 radical (unpaired) electrons. The molecule has 0 saturated heterocycles. The molecule has 3 aromatic carbocycles. The van der Waals surface area contributed by atoms with E-state index in [1.165, 1.54) is 29.2 Å². The summed E-state index contributed by atoms with van der Waals surface area (Å²) in [5.41, 5.74) is 3.29. The van der Waals surface area contributed by atoms with E-state index in [0.29, 0.717) is 17.1 Å². The molecule has 0 aliphatic heterocycles. The molecule has 170 valence electrons. The van der Waals surface area contributed by atoms with Crippen molar-refractivity contribution in [2.75, 3.05) is 23.4 Å². The SMILES string of the molecule is Cc1ccc(N(CC(=O)Nc2ccc(C(=O)O)cc2)C(=O)CCOc2ccccc2)cc1C. The summed E-state index contributed by atoms with van der Waals surface area (Å²) in [6, 6.07) is 20.7. The van der Waals surface area contributed by atoms with E-state index in [1.54, 1.807) is 0 Å². The first-order valence-electron chi connectivity index (χ1n) is 10.5. The Morgan fingerprint density at radius 2 is 1.61 bits per heavy atom. The molecule has 0 bridgehead atoms. The second-order valence-corrected chi connectivity index (χ2v) is 7.59. The Kier molecular flexibility index (Phi) is 7.81. The first kappa shape index (κ1) is 23.5. The van der Waals surface area contributed by atoms with Crippen LogP contribution in [0.25, 0.3) is 0 Å². The maximum Gasteiger partial charge on any atom is 0.335 e. The number of para-hydroxylation sites is 1. The number of carboxylic acid groups (broad SMARTS) is 1. The molecule has 0 aliphatic rings. The van der Waals surface area contributed by atoms with Gasteiger partial charge in [-0.05, 0) is 73.5 Å². The zero-order valence-corrected chi connectivity index (χ0v) is 18.6. The number of rotatable bonds is 9. The largest absolute Gasteiger partial charge is 0.493 e. The van der Waals surface area contributed by atoms with Gasteiger partial charge in [0.25, 0.3) is 0 Å². The van der Waals surface area contributed by atoms with Crippen LogP contribution in [-0.2, 0) is 9.59 Å². The van der Waals surface area contributed by atoms with E-state index in [0.717, 1.165) is 11.1 Å². The average molecular weight is 447 g/mol. The zero-order chi connectivity index (χ0) is 23.8. The molecule has 2 N–H and O–H groups in total. The summed E-state index contributed by atoms with van der Waals surface area (Å²) in [6.07, 6.45) is 0.0996. The molecular formula is C26H26N2O5. The molecule has 2 amide bonds. The van der Waals surface area contributed by atoms with Crippen molar-refractivity contribution in [3.05, 3.63) is 89.5 Å². The first-order valence-corrected chi connectivity index (χ1v) is 10.5. The van der Waals surface area contributed by atoms with Gasteiger partial charge < -0.3 is 20.1 Å². The maximum atomic E-state index is 13.0. The van der Waals surface area contributed by atoms with E-state index in [-0.39, 0.29) is 31.0 Å². The number of amides is 2. The lowest BCUT2D eigenvalue weighted by molar-refractivity contribution is -0.122. The Morgan fingerprint density at radius 3 is 2.24 bits per heavy atom. The van der Waals surface area contributed by atoms with Crippen LogP contribution in [0.5, 0.6) is 5.75 Å². The van der Waals surface area contributed by atoms with Crippen molar-refractivity contribution in [1.29, 1.82) is 0 Å². The maximum absolute atomic E-state index is 13.0. The summed E-state index contributed by atoms with van der Waals surface area (Å²) in [4.78, 5) is 38.2. The number of nitrogens with zero attached hydrogens (tertiary/aromatic N) is 1. The Balaban J connectivity index is 1.70. The van der Waals surface area contributed by atoms with Gasteiger partial charge in [0, 0.05) is 11.4 Å². The van der Waals surface area contributed by atoms with Gasteiger partial charge in [0.2, 0.25) is 11.8 Å². The third-order valence-corrected chi connectivity index (χ3v) is 5.15. The second kappa shape index (κ2) is 10.9. The molecular weight excluding hydrogens is 420 g/mol. The fraction of sp³-hybridized carbons (Fsp3) is 0.192. The number of anilines is 2. The lowest BCUT2D eigenvalue weighted by atomic mass is 10.1. The Labute approximate surface area is 192 Å². The highest BCUT2D eigenvalue weighted by atomic mass is 16.5. The van der Waals surface area contributed by atoms with E-state index in [2.05, 4.69) is 5.32 Å². The van der Waals surface area contributed by atoms with Crippen LogP contribution in [0, 0.1) is 13.8 Å². The van der Waals surface area contributed by atoms with Gasteiger partial charge in [0.15, 0.2) is 0 Å². The van der Waals surface area contributed by atoms with Crippen molar-refractivity contribution >= 4 is 29.2 Å². The van der Waals surface area contributed by atoms with Crippen LogP contribution in [0.15, 0.2) is 72.8 Å². The molecule has 3 aromatic rings. The van der Waals surface area contributed by atoms with Crippen LogP contribution < -0.4 is 15.0 Å². The third-order valence-electron chi connectivity index (χ3n) is 5.15. The quantitative estimate of drug-likeness (QED) is 0.507. The van der Waals surface area contributed by atoms with Crippen LogP contribution >= 0.6 is 0 Å². The van der Waals surface area contributed by atoms with E-state index < -0.39 is 11.9 Å². The lowest BCUT2D eigenvalue weighted by Gasteiger charge is -2.23. The number of hydrogen-bond donors (Lipinski definition) is 2. The standard InChI is InChI=1S/C26H26N2O5/c1-18-8-13-22(16-19(18)2)28(25(30)14-15-33-23-6-4-3-5-7-23)17-24(29)27-21-11-9-20(10-12-21)26(31)32/h3-13,16H,14-15,17H2,1-2H3,(H,27,29)(H,31,32). The van der Waals surface area contributed by atoms with Gasteiger partial charge in [-0.3, -0.25) is 9.59 Å². The molecule has 7 heteroatoms. The topological polar surface area (TPSA) is 95.9 Å².